The van der Waals surface area contributed by atoms with Gasteiger partial charge in [0.25, 0.3) is 0 Å². The molecular weight excluding hydrogens is 360 g/mol. The summed E-state index contributed by atoms with van der Waals surface area (Å²) in [5.41, 5.74) is 0. The summed E-state index contributed by atoms with van der Waals surface area (Å²) in [6, 6.07) is 7.04. The third kappa shape index (κ3) is 9.39. The summed E-state index contributed by atoms with van der Waals surface area (Å²) in [7, 11) is 0. The van der Waals surface area contributed by atoms with Crippen LogP contribution in [0.25, 0.3) is 0 Å². The minimum Gasteiger partial charge on any atom is -0.463 e. The van der Waals surface area contributed by atoms with E-state index >= 15 is 0 Å². The lowest BCUT2D eigenvalue weighted by atomic mass is 10.1. The van der Waals surface area contributed by atoms with Gasteiger partial charge < -0.3 is 9.47 Å². The van der Waals surface area contributed by atoms with Gasteiger partial charge in [0.2, 0.25) is 0 Å². The van der Waals surface area contributed by atoms with E-state index in [1.807, 2.05) is 6.92 Å². The second kappa shape index (κ2) is 11.2. The van der Waals surface area contributed by atoms with E-state index in [4.69, 9.17) is 9.47 Å². The fourth-order valence-electron chi connectivity index (χ4n) is 2.09. The lowest BCUT2D eigenvalue weighted by Crippen LogP contribution is -2.15. The Morgan fingerprint density at radius 1 is 1.04 bits per heavy atom. The van der Waals surface area contributed by atoms with Crippen LogP contribution in [0, 0.1) is 0 Å². The number of unbranched alkanes of at least 4 members (excludes halogenated alkanes) is 2. The first-order chi connectivity index (χ1) is 11.0. The first-order valence-corrected chi connectivity index (χ1v) is 8.96. The zero-order valence-electron chi connectivity index (χ0n) is 13.8. The van der Waals surface area contributed by atoms with Crippen molar-refractivity contribution in [2.45, 2.75) is 64.9 Å². The Hall–Kier alpha value is -1.36. The summed E-state index contributed by atoms with van der Waals surface area (Å²) in [5, 5.41) is 0. The van der Waals surface area contributed by atoms with Crippen LogP contribution >= 0.6 is 15.9 Å². The number of rotatable bonds is 10. The van der Waals surface area contributed by atoms with Crippen molar-refractivity contribution in [1.29, 1.82) is 0 Å². The lowest BCUT2D eigenvalue weighted by molar-refractivity contribution is -0.148. The molecule has 0 aliphatic rings. The molecule has 0 saturated carbocycles. The average molecular weight is 385 g/mol. The number of hydrogen-bond donors (Lipinski definition) is 0. The number of esters is 2. The number of carbonyl (C=O) groups excluding carboxylic acids is 2. The van der Waals surface area contributed by atoms with Gasteiger partial charge in [0.1, 0.15) is 5.75 Å². The molecule has 0 N–H and O–H groups in total. The fraction of sp³-hybridized carbons (Fsp3) is 0.556. The van der Waals surface area contributed by atoms with E-state index in [0.29, 0.717) is 12.2 Å². The summed E-state index contributed by atoms with van der Waals surface area (Å²) in [6.45, 7) is 4.05. The van der Waals surface area contributed by atoms with Gasteiger partial charge in [0.15, 0.2) is 0 Å². The predicted molar refractivity (Wildman–Crippen MR) is 93.3 cm³/mol. The van der Waals surface area contributed by atoms with Crippen molar-refractivity contribution in [1.82, 2.24) is 0 Å². The highest BCUT2D eigenvalue weighted by molar-refractivity contribution is 9.10. The third-order valence-electron chi connectivity index (χ3n) is 3.35. The van der Waals surface area contributed by atoms with E-state index in [1.165, 1.54) is 0 Å². The van der Waals surface area contributed by atoms with E-state index in [2.05, 4.69) is 22.9 Å². The van der Waals surface area contributed by atoms with Gasteiger partial charge in [-0.25, -0.2) is 0 Å². The minimum atomic E-state index is -0.337. The highest BCUT2D eigenvalue weighted by Gasteiger charge is 2.11. The molecule has 0 saturated heterocycles. The quantitative estimate of drug-likeness (QED) is 0.322. The van der Waals surface area contributed by atoms with Crippen LogP contribution in [0.5, 0.6) is 5.75 Å². The predicted octanol–water partition coefficient (Wildman–Crippen LogP) is 5.04. The molecule has 0 aromatic heterocycles. The molecule has 1 aromatic carbocycles. The Morgan fingerprint density at radius 2 is 1.70 bits per heavy atom. The van der Waals surface area contributed by atoms with Crippen LogP contribution in [0.4, 0.5) is 0 Å². The van der Waals surface area contributed by atoms with Crippen LogP contribution < -0.4 is 4.74 Å². The van der Waals surface area contributed by atoms with Gasteiger partial charge in [0, 0.05) is 17.3 Å². The summed E-state index contributed by atoms with van der Waals surface area (Å²) >= 11 is 3.32. The molecule has 23 heavy (non-hydrogen) atoms. The number of carbonyl (C=O) groups is 2. The molecule has 0 radical (unpaired) electrons. The van der Waals surface area contributed by atoms with Crippen LogP contribution in [0.2, 0.25) is 0 Å². The SMILES string of the molecule is CCCCCC(C)OC(=O)CCCC(=O)Oc1ccc(Br)cc1. The monoisotopic (exact) mass is 384 g/mol. The Bertz CT molecular complexity index is 484. The zero-order chi connectivity index (χ0) is 17.1. The van der Waals surface area contributed by atoms with Crippen molar-refractivity contribution in [2.75, 3.05) is 0 Å². The molecule has 0 aliphatic carbocycles. The maximum Gasteiger partial charge on any atom is 0.311 e. The molecule has 0 amide bonds. The Balaban J connectivity index is 2.16. The van der Waals surface area contributed by atoms with E-state index in [-0.39, 0.29) is 30.9 Å². The zero-order valence-corrected chi connectivity index (χ0v) is 15.4. The Morgan fingerprint density at radius 3 is 2.35 bits per heavy atom. The topological polar surface area (TPSA) is 52.6 Å². The van der Waals surface area contributed by atoms with Gasteiger partial charge in [0.05, 0.1) is 6.10 Å². The van der Waals surface area contributed by atoms with Crippen molar-refractivity contribution in [3.63, 3.8) is 0 Å². The molecule has 0 aliphatic heterocycles. The molecule has 1 atom stereocenters. The van der Waals surface area contributed by atoms with E-state index in [1.54, 1.807) is 24.3 Å². The van der Waals surface area contributed by atoms with Gasteiger partial charge in [-0.05, 0) is 50.5 Å². The first kappa shape index (κ1) is 19.7. The van der Waals surface area contributed by atoms with Gasteiger partial charge >= 0.3 is 11.9 Å². The number of hydrogen-bond acceptors (Lipinski definition) is 4. The maximum absolute atomic E-state index is 11.7. The molecule has 1 aromatic rings. The molecule has 1 unspecified atom stereocenters. The highest BCUT2D eigenvalue weighted by Crippen LogP contribution is 2.17. The van der Waals surface area contributed by atoms with Crippen LogP contribution in [0.1, 0.15) is 58.8 Å². The second-order valence-electron chi connectivity index (χ2n) is 5.58. The fourth-order valence-corrected chi connectivity index (χ4v) is 2.35. The molecule has 0 fully saturated rings. The summed E-state index contributed by atoms with van der Waals surface area (Å²) < 4.78 is 11.4. The van der Waals surface area contributed by atoms with Gasteiger partial charge in [-0.1, -0.05) is 35.7 Å². The Kier molecular flexibility index (Phi) is 9.60. The largest absolute Gasteiger partial charge is 0.463 e. The van der Waals surface area contributed by atoms with E-state index in [0.717, 1.165) is 30.2 Å². The molecule has 0 spiro atoms. The van der Waals surface area contributed by atoms with Crippen LogP contribution in [0.3, 0.4) is 0 Å². The van der Waals surface area contributed by atoms with Crippen molar-refractivity contribution in [3.05, 3.63) is 28.7 Å². The molecule has 0 heterocycles. The van der Waals surface area contributed by atoms with Gasteiger partial charge in [-0.3, -0.25) is 9.59 Å². The minimum absolute atomic E-state index is 0.0521. The summed E-state index contributed by atoms with van der Waals surface area (Å²) in [5.74, 6) is -0.0770. The standard InChI is InChI=1S/C18H25BrO4/c1-3-4-5-7-14(2)22-17(20)8-6-9-18(21)23-16-12-10-15(19)11-13-16/h10-14H,3-9H2,1-2H3. The van der Waals surface area contributed by atoms with Crippen LogP contribution in [-0.4, -0.2) is 18.0 Å². The lowest BCUT2D eigenvalue weighted by Gasteiger charge is -2.12. The molecule has 128 valence electrons. The molecule has 4 nitrogen and oxygen atoms in total. The van der Waals surface area contributed by atoms with Crippen LogP contribution in [0.15, 0.2) is 28.7 Å². The van der Waals surface area contributed by atoms with Crippen molar-refractivity contribution in [3.8, 4) is 5.75 Å². The van der Waals surface area contributed by atoms with Crippen molar-refractivity contribution >= 4 is 27.9 Å². The van der Waals surface area contributed by atoms with Gasteiger partial charge in [-0.2, -0.15) is 0 Å². The number of benzene rings is 1. The third-order valence-corrected chi connectivity index (χ3v) is 3.88. The summed E-state index contributed by atoms with van der Waals surface area (Å²) in [4.78, 5) is 23.4. The first-order valence-electron chi connectivity index (χ1n) is 8.17. The van der Waals surface area contributed by atoms with Crippen LogP contribution in [-0.2, 0) is 14.3 Å². The average Bonchev–Trinajstić information content (AvgIpc) is 2.50. The normalized spacial score (nSPS) is 11.8. The highest BCUT2D eigenvalue weighted by atomic mass is 79.9. The van der Waals surface area contributed by atoms with E-state index in [9.17, 15) is 9.59 Å². The van der Waals surface area contributed by atoms with Crippen molar-refractivity contribution in [2.24, 2.45) is 0 Å². The van der Waals surface area contributed by atoms with Crippen molar-refractivity contribution < 1.29 is 19.1 Å². The molecule has 1 rings (SSSR count). The molecule has 0 bridgehead atoms. The second-order valence-corrected chi connectivity index (χ2v) is 6.49. The smallest absolute Gasteiger partial charge is 0.311 e. The molecular formula is C18H25BrO4. The van der Waals surface area contributed by atoms with Gasteiger partial charge in [-0.15, -0.1) is 0 Å². The maximum atomic E-state index is 11.7. The number of ether oxygens (including phenoxy) is 2. The molecule has 5 heteroatoms. The number of halogens is 1. The Labute approximate surface area is 146 Å². The van der Waals surface area contributed by atoms with E-state index < -0.39 is 0 Å². The summed E-state index contributed by atoms with van der Waals surface area (Å²) in [6.07, 6.45) is 5.11.